The lowest BCUT2D eigenvalue weighted by Crippen LogP contribution is -2.41. The fourth-order valence-corrected chi connectivity index (χ4v) is 3.38. The quantitative estimate of drug-likeness (QED) is 0.696. The number of aryl methyl sites for hydroxylation is 1. The van der Waals surface area contributed by atoms with Crippen LogP contribution in [0.4, 0.5) is 5.82 Å². The van der Waals surface area contributed by atoms with Gasteiger partial charge in [-0.15, -0.1) is 14.8 Å². The Morgan fingerprint density at radius 2 is 2.12 bits per heavy atom. The van der Waals surface area contributed by atoms with Crippen molar-refractivity contribution in [1.29, 1.82) is 0 Å². The molecule has 0 saturated carbocycles. The summed E-state index contributed by atoms with van der Waals surface area (Å²) in [5.74, 6) is 1.93. The van der Waals surface area contributed by atoms with E-state index in [0.29, 0.717) is 12.2 Å². The minimum Gasteiger partial charge on any atom is -0.469 e. The highest BCUT2D eigenvalue weighted by Crippen LogP contribution is 2.24. The number of piperidine rings is 1. The summed E-state index contributed by atoms with van der Waals surface area (Å²) in [6.45, 7) is 4.07. The second-order valence-electron chi connectivity index (χ2n) is 6.68. The first kappa shape index (κ1) is 16.5. The average molecular weight is 355 g/mol. The van der Waals surface area contributed by atoms with Crippen molar-refractivity contribution in [2.45, 2.75) is 26.3 Å². The number of amides is 1. The number of furan rings is 1. The smallest absolute Gasteiger partial charge is 0.225 e. The number of hydrogen-bond acceptors (Lipinski definition) is 7. The SMILES string of the molecule is Cc1occc1CN(C)C(=O)C1CCN(c2ccc3nnnn3n2)CC1. The molecule has 1 amide bonds. The van der Waals surface area contributed by atoms with Gasteiger partial charge < -0.3 is 14.2 Å². The van der Waals surface area contributed by atoms with Crippen LogP contribution < -0.4 is 4.90 Å². The first-order valence-corrected chi connectivity index (χ1v) is 8.70. The van der Waals surface area contributed by atoms with Crippen LogP contribution in [0.5, 0.6) is 0 Å². The Kier molecular flexibility index (Phi) is 4.27. The van der Waals surface area contributed by atoms with Gasteiger partial charge in [-0.2, -0.15) is 0 Å². The van der Waals surface area contributed by atoms with Crippen molar-refractivity contribution in [3.63, 3.8) is 0 Å². The number of carbonyl (C=O) groups is 1. The highest BCUT2D eigenvalue weighted by molar-refractivity contribution is 5.79. The van der Waals surface area contributed by atoms with E-state index in [1.54, 1.807) is 11.2 Å². The topological polar surface area (TPSA) is 92.7 Å². The molecule has 3 aromatic heterocycles. The van der Waals surface area contributed by atoms with Crippen LogP contribution in [0.2, 0.25) is 0 Å². The van der Waals surface area contributed by atoms with Gasteiger partial charge in [-0.25, -0.2) is 0 Å². The molecule has 4 rings (SSSR count). The summed E-state index contributed by atoms with van der Waals surface area (Å²) in [5.41, 5.74) is 1.67. The summed E-state index contributed by atoms with van der Waals surface area (Å²) in [6, 6.07) is 5.69. The van der Waals surface area contributed by atoms with Gasteiger partial charge in [-0.1, -0.05) is 0 Å². The van der Waals surface area contributed by atoms with Crippen LogP contribution in [0.1, 0.15) is 24.2 Å². The molecule has 0 aliphatic carbocycles. The Bertz CT molecular complexity index is 911. The van der Waals surface area contributed by atoms with Gasteiger partial charge in [0.15, 0.2) is 11.5 Å². The molecule has 1 fully saturated rings. The van der Waals surface area contributed by atoms with Crippen LogP contribution in [-0.4, -0.2) is 56.2 Å². The molecule has 4 heterocycles. The van der Waals surface area contributed by atoms with Gasteiger partial charge in [-0.05, 0) is 48.4 Å². The first-order chi connectivity index (χ1) is 12.6. The minimum atomic E-state index is 0.0419. The molecule has 1 saturated heterocycles. The Morgan fingerprint density at radius 3 is 2.85 bits per heavy atom. The average Bonchev–Trinajstić information content (AvgIpc) is 3.29. The maximum atomic E-state index is 12.7. The van der Waals surface area contributed by atoms with Crippen molar-refractivity contribution in [2.75, 3.05) is 25.0 Å². The lowest BCUT2D eigenvalue weighted by atomic mass is 9.95. The van der Waals surface area contributed by atoms with E-state index in [2.05, 4.69) is 25.5 Å². The molecule has 3 aromatic rings. The molecule has 9 nitrogen and oxygen atoms in total. The monoisotopic (exact) mass is 355 g/mol. The van der Waals surface area contributed by atoms with Crippen molar-refractivity contribution >= 4 is 17.4 Å². The first-order valence-electron chi connectivity index (χ1n) is 8.70. The second-order valence-corrected chi connectivity index (χ2v) is 6.68. The third-order valence-corrected chi connectivity index (χ3v) is 4.97. The third-order valence-electron chi connectivity index (χ3n) is 4.97. The van der Waals surface area contributed by atoms with E-state index in [1.165, 1.54) is 4.63 Å². The van der Waals surface area contributed by atoms with Crippen LogP contribution >= 0.6 is 0 Å². The van der Waals surface area contributed by atoms with Crippen LogP contribution in [0, 0.1) is 12.8 Å². The van der Waals surface area contributed by atoms with Crippen LogP contribution in [0.25, 0.3) is 5.65 Å². The minimum absolute atomic E-state index is 0.0419. The Hall–Kier alpha value is -2.97. The number of nitrogens with zero attached hydrogens (tertiary/aromatic N) is 7. The van der Waals surface area contributed by atoms with Gasteiger partial charge in [0.25, 0.3) is 0 Å². The van der Waals surface area contributed by atoms with Crippen molar-refractivity contribution < 1.29 is 9.21 Å². The van der Waals surface area contributed by atoms with Gasteiger partial charge in [0.05, 0.1) is 6.26 Å². The number of rotatable bonds is 4. The van der Waals surface area contributed by atoms with E-state index in [0.717, 1.165) is 43.1 Å². The summed E-state index contributed by atoms with van der Waals surface area (Å²) < 4.78 is 6.73. The van der Waals surface area contributed by atoms with Crippen molar-refractivity contribution in [3.05, 3.63) is 35.8 Å². The fraction of sp³-hybridized carbons (Fsp3) is 0.471. The molecule has 26 heavy (non-hydrogen) atoms. The molecule has 9 heteroatoms. The van der Waals surface area contributed by atoms with Crippen LogP contribution in [0.15, 0.2) is 28.9 Å². The van der Waals surface area contributed by atoms with Gasteiger partial charge in [0, 0.05) is 38.2 Å². The third kappa shape index (κ3) is 3.12. The number of anilines is 1. The molecule has 0 atom stereocenters. The van der Waals surface area contributed by atoms with E-state index < -0.39 is 0 Å². The maximum Gasteiger partial charge on any atom is 0.225 e. The van der Waals surface area contributed by atoms with Crippen LogP contribution in [0.3, 0.4) is 0 Å². The molecule has 1 aliphatic rings. The fourth-order valence-electron chi connectivity index (χ4n) is 3.38. The van der Waals surface area contributed by atoms with E-state index >= 15 is 0 Å². The second kappa shape index (κ2) is 6.74. The van der Waals surface area contributed by atoms with Crippen LogP contribution in [-0.2, 0) is 11.3 Å². The number of carbonyl (C=O) groups excluding carboxylic acids is 1. The lowest BCUT2D eigenvalue weighted by molar-refractivity contribution is -0.135. The summed E-state index contributed by atoms with van der Waals surface area (Å²) in [6.07, 6.45) is 3.28. The molecule has 0 radical (unpaired) electrons. The zero-order valence-electron chi connectivity index (χ0n) is 14.9. The van der Waals surface area contributed by atoms with Gasteiger partial charge >= 0.3 is 0 Å². The Balaban J connectivity index is 1.36. The van der Waals surface area contributed by atoms with Crippen molar-refractivity contribution in [2.24, 2.45) is 5.92 Å². The predicted molar refractivity (Wildman–Crippen MR) is 93.4 cm³/mol. The summed E-state index contributed by atoms with van der Waals surface area (Å²) >= 11 is 0. The molecule has 0 bridgehead atoms. The number of hydrogen-bond donors (Lipinski definition) is 0. The van der Waals surface area contributed by atoms with E-state index in [9.17, 15) is 4.79 Å². The standard InChI is InChI=1S/C17H21N7O2/c1-12-14(7-10-26-12)11-22(2)17(25)13-5-8-23(9-6-13)16-4-3-15-18-20-21-24(15)19-16/h3-4,7,10,13H,5-6,8-9,11H2,1-2H3. The maximum absolute atomic E-state index is 12.7. The van der Waals surface area contributed by atoms with E-state index in [1.807, 2.05) is 32.2 Å². The van der Waals surface area contributed by atoms with Gasteiger partial charge in [0.1, 0.15) is 5.76 Å². The predicted octanol–water partition coefficient (Wildman–Crippen LogP) is 1.30. The highest BCUT2D eigenvalue weighted by Gasteiger charge is 2.28. The molecule has 0 aromatic carbocycles. The van der Waals surface area contributed by atoms with Gasteiger partial charge in [0.2, 0.25) is 5.91 Å². The number of tetrazole rings is 1. The molecular formula is C17H21N7O2. The van der Waals surface area contributed by atoms with Crippen molar-refractivity contribution in [3.8, 4) is 0 Å². The zero-order valence-corrected chi connectivity index (χ0v) is 14.9. The van der Waals surface area contributed by atoms with E-state index in [4.69, 9.17) is 4.42 Å². The normalized spacial score (nSPS) is 15.5. The number of aromatic nitrogens is 5. The number of fused-ring (bicyclic) bond motifs is 1. The summed E-state index contributed by atoms with van der Waals surface area (Å²) in [7, 11) is 1.86. The molecule has 136 valence electrons. The van der Waals surface area contributed by atoms with Gasteiger partial charge in [-0.3, -0.25) is 4.79 Å². The zero-order chi connectivity index (χ0) is 18.1. The summed E-state index contributed by atoms with van der Waals surface area (Å²) in [5, 5.41) is 15.7. The molecule has 0 spiro atoms. The Labute approximate surface area is 150 Å². The summed E-state index contributed by atoms with van der Waals surface area (Å²) in [4.78, 5) is 16.7. The van der Waals surface area contributed by atoms with E-state index in [-0.39, 0.29) is 11.8 Å². The molecule has 0 unspecified atom stereocenters. The molecule has 1 aliphatic heterocycles. The Morgan fingerprint density at radius 1 is 1.31 bits per heavy atom. The van der Waals surface area contributed by atoms with Crippen molar-refractivity contribution in [1.82, 2.24) is 30.2 Å². The highest BCUT2D eigenvalue weighted by atomic mass is 16.3. The molecular weight excluding hydrogens is 334 g/mol. The molecule has 0 N–H and O–H groups in total. The lowest BCUT2D eigenvalue weighted by Gasteiger charge is -2.33. The largest absolute Gasteiger partial charge is 0.469 e.